The summed E-state index contributed by atoms with van der Waals surface area (Å²) in [4.78, 5) is 13.8. The maximum Gasteiger partial charge on any atom is 0.257 e. The minimum atomic E-state index is -0.278. The molecule has 0 heterocycles. The number of carbonyl (C=O) groups is 1. The number of allylic oxidation sites excluding steroid dienone is 3. The Morgan fingerprint density at radius 1 is 1.19 bits per heavy atom. The number of hydrogen-bond donors (Lipinski definition) is 3. The van der Waals surface area contributed by atoms with Crippen molar-refractivity contribution in [3.8, 4) is 5.75 Å². The van der Waals surface area contributed by atoms with Crippen molar-refractivity contribution in [3.63, 3.8) is 0 Å². The molecule has 3 rings (SSSR count). The number of amides is 1. The second-order valence-corrected chi connectivity index (χ2v) is 7.61. The van der Waals surface area contributed by atoms with Gasteiger partial charge in [0.2, 0.25) is 0 Å². The monoisotopic (exact) mass is 421 g/mol. The van der Waals surface area contributed by atoms with Gasteiger partial charge in [-0.3, -0.25) is 4.79 Å². The molecule has 2 aromatic carbocycles. The first-order valence-corrected chi connectivity index (χ1v) is 10.2. The molecular weight excluding hydrogens is 393 g/mol. The number of para-hydroxylation sites is 1. The molecule has 2 aromatic rings. The van der Waals surface area contributed by atoms with Crippen molar-refractivity contribution in [2.24, 2.45) is 0 Å². The van der Waals surface area contributed by atoms with Crippen LogP contribution in [0.4, 0.5) is 10.1 Å². The molecule has 0 unspecified atom stereocenters. The highest BCUT2D eigenvalue weighted by molar-refractivity contribution is 5.98. The van der Waals surface area contributed by atoms with Crippen molar-refractivity contribution in [2.45, 2.75) is 26.3 Å². The Bertz CT molecular complexity index is 1070. The summed E-state index contributed by atoms with van der Waals surface area (Å²) in [5.74, 6) is -0.654. The molecule has 6 heteroatoms. The average Bonchev–Trinajstić information content (AvgIpc) is 2.75. The van der Waals surface area contributed by atoms with Crippen LogP contribution in [-0.2, 0) is 0 Å². The first-order valence-electron chi connectivity index (χ1n) is 10.2. The molecule has 1 atom stereocenters. The third kappa shape index (κ3) is 4.33. The smallest absolute Gasteiger partial charge is 0.257 e. The van der Waals surface area contributed by atoms with E-state index in [1.165, 1.54) is 17.0 Å². The summed E-state index contributed by atoms with van der Waals surface area (Å²) in [5, 5.41) is 17.4. The van der Waals surface area contributed by atoms with E-state index >= 15 is 0 Å². The molecule has 5 nitrogen and oxygen atoms in total. The van der Waals surface area contributed by atoms with E-state index in [0.717, 1.165) is 34.5 Å². The Balaban J connectivity index is 1.94. The van der Waals surface area contributed by atoms with Gasteiger partial charge in [-0.2, -0.15) is 0 Å². The molecule has 3 N–H and O–H groups in total. The quantitative estimate of drug-likeness (QED) is 0.544. The molecule has 0 saturated heterocycles. The molecule has 1 aliphatic carbocycles. The molecule has 0 aliphatic heterocycles. The number of phenols is 1. The van der Waals surface area contributed by atoms with Gasteiger partial charge in [0.1, 0.15) is 5.82 Å². The summed E-state index contributed by atoms with van der Waals surface area (Å²) in [6.07, 6.45) is 2.74. The molecular formula is C25H28FN3O2. The minimum absolute atomic E-state index is 0.0298. The molecule has 0 aromatic heterocycles. The zero-order chi connectivity index (χ0) is 22.7. The van der Waals surface area contributed by atoms with Crippen LogP contribution in [0.3, 0.4) is 0 Å². The van der Waals surface area contributed by atoms with Gasteiger partial charge in [0.25, 0.3) is 5.91 Å². The first-order chi connectivity index (χ1) is 14.8. The van der Waals surface area contributed by atoms with Crippen molar-refractivity contribution in [1.82, 2.24) is 10.2 Å². The fourth-order valence-corrected chi connectivity index (χ4v) is 3.60. The second kappa shape index (κ2) is 9.08. The van der Waals surface area contributed by atoms with Crippen LogP contribution in [0, 0.1) is 5.82 Å². The van der Waals surface area contributed by atoms with E-state index in [4.69, 9.17) is 0 Å². The fraction of sp³-hybridized carbons (Fsp3) is 0.240. The van der Waals surface area contributed by atoms with Crippen LogP contribution in [-0.4, -0.2) is 30.0 Å². The highest BCUT2D eigenvalue weighted by atomic mass is 19.1. The highest BCUT2D eigenvalue weighted by Crippen LogP contribution is 2.41. The number of nitrogens with zero attached hydrogens (tertiary/aromatic N) is 1. The van der Waals surface area contributed by atoms with Gasteiger partial charge in [0, 0.05) is 25.2 Å². The standard InChI is InChI=1S/C25H28FN3O2/c1-6-18-15(3)22(27-20(7-2)16-11-13-17(26)14-12-16)23(18)28-21-10-8-9-19(24(21)30)25(31)29(4)5/h6,8-14,20,27-28,30H,3,7H2,1-2,4-5H3/b18-6+/t20-/m1/s1. The Kier molecular flexibility index (Phi) is 6.49. The average molecular weight is 422 g/mol. The molecule has 0 fully saturated rings. The topological polar surface area (TPSA) is 64.6 Å². The van der Waals surface area contributed by atoms with E-state index in [9.17, 15) is 14.3 Å². The van der Waals surface area contributed by atoms with Crippen molar-refractivity contribution in [1.29, 1.82) is 0 Å². The molecule has 0 bridgehead atoms. The number of anilines is 1. The number of nitrogens with one attached hydrogen (secondary N) is 2. The zero-order valence-electron chi connectivity index (χ0n) is 18.3. The van der Waals surface area contributed by atoms with Gasteiger partial charge >= 0.3 is 0 Å². The summed E-state index contributed by atoms with van der Waals surface area (Å²) in [7, 11) is 3.28. The largest absolute Gasteiger partial charge is 0.505 e. The lowest BCUT2D eigenvalue weighted by molar-refractivity contribution is 0.0824. The summed E-state index contributed by atoms with van der Waals surface area (Å²) in [6, 6.07) is 11.4. The Morgan fingerprint density at radius 2 is 1.87 bits per heavy atom. The number of aromatic hydroxyl groups is 1. The molecule has 31 heavy (non-hydrogen) atoms. The SMILES string of the molecule is C=C1C(N[C@H](CC)c2ccc(F)cc2)=C(Nc2cccc(C(=O)N(C)C)c2O)/C1=C/C. The minimum Gasteiger partial charge on any atom is -0.505 e. The Labute approximate surface area is 182 Å². The first kappa shape index (κ1) is 22.2. The highest BCUT2D eigenvalue weighted by Gasteiger charge is 2.30. The number of phenolic OH excluding ortho intramolecular Hbond substituents is 1. The maximum absolute atomic E-state index is 13.3. The van der Waals surface area contributed by atoms with Gasteiger partial charge in [-0.1, -0.05) is 37.8 Å². The van der Waals surface area contributed by atoms with Crippen LogP contribution in [0.1, 0.15) is 42.2 Å². The van der Waals surface area contributed by atoms with Gasteiger partial charge in [-0.15, -0.1) is 0 Å². The van der Waals surface area contributed by atoms with Gasteiger partial charge < -0.3 is 20.6 Å². The fourth-order valence-electron chi connectivity index (χ4n) is 3.60. The van der Waals surface area contributed by atoms with Crippen LogP contribution in [0.5, 0.6) is 5.75 Å². The van der Waals surface area contributed by atoms with Gasteiger partial charge in [0.15, 0.2) is 5.75 Å². The number of benzene rings is 2. The van der Waals surface area contributed by atoms with Gasteiger partial charge in [-0.25, -0.2) is 4.39 Å². The molecule has 0 radical (unpaired) electrons. The Morgan fingerprint density at radius 3 is 2.45 bits per heavy atom. The zero-order valence-corrected chi connectivity index (χ0v) is 18.3. The summed E-state index contributed by atoms with van der Waals surface area (Å²) in [6.45, 7) is 8.13. The number of halogens is 1. The lowest BCUT2D eigenvalue weighted by Crippen LogP contribution is -2.31. The predicted molar refractivity (Wildman–Crippen MR) is 122 cm³/mol. The maximum atomic E-state index is 13.3. The number of hydrogen-bond acceptors (Lipinski definition) is 4. The van der Waals surface area contributed by atoms with Crippen LogP contribution < -0.4 is 10.6 Å². The molecule has 0 spiro atoms. The van der Waals surface area contributed by atoms with Crippen LogP contribution in [0.15, 0.2) is 77.7 Å². The molecule has 1 amide bonds. The number of rotatable bonds is 7. The lowest BCUT2D eigenvalue weighted by Gasteiger charge is -2.34. The lowest BCUT2D eigenvalue weighted by atomic mass is 9.86. The number of carbonyl (C=O) groups excluding carboxylic acids is 1. The van der Waals surface area contributed by atoms with Crippen LogP contribution in [0.2, 0.25) is 0 Å². The van der Waals surface area contributed by atoms with E-state index in [0.29, 0.717) is 5.69 Å². The third-order valence-electron chi connectivity index (χ3n) is 5.37. The van der Waals surface area contributed by atoms with E-state index in [2.05, 4.69) is 24.1 Å². The summed E-state index contributed by atoms with van der Waals surface area (Å²) in [5.41, 5.74) is 5.03. The second-order valence-electron chi connectivity index (χ2n) is 7.61. The van der Waals surface area contributed by atoms with E-state index < -0.39 is 0 Å². The molecule has 1 aliphatic rings. The predicted octanol–water partition coefficient (Wildman–Crippen LogP) is 5.11. The van der Waals surface area contributed by atoms with Crippen molar-refractivity contribution in [3.05, 3.63) is 94.6 Å². The Hall–Kier alpha value is -3.54. The molecule has 0 saturated carbocycles. The van der Waals surface area contributed by atoms with Crippen LogP contribution in [0.25, 0.3) is 0 Å². The van der Waals surface area contributed by atoms with Crippen molar-refractivity contribution < 1.29 is 14.3 Å². The van der Waals surface area contributed by atoms with Crippen molar-refractivity contribution >= 4 is 11.6 Å². The third-order valence-corrected chi connectivity index (χ3v) is 5.37. The van der Waals surface area contributed by atoms with Gasteiger partial charge in [0.05, 0.1) is 28.7 Å². The summed E-state index contributed by atoms with van der Waals surface area (Å²) < 4.78 is 13.3. The van der Waals surface area contributed by atoms with E-state index in [1.54, 1.807) is 44.4 Å². The summed E-state index contributed by atoms with van der Waals surface area (Å²) >= 11 is 0. The normalized spacial score (nSPS) is 15.5. The van der Waals surface area contributed by atoms with Crippen molar-refractivity contribution in [2.75, 3.05) is 19.4 Å². The molecule has 162 valence electrons. The van der Waals surface area contributed by atoms with E-state index in [1.807, 2.05) is 13.0 Å². The van der Waals surface area contributed by atoms with Crippen LogP contribution >= 0.6 is 0 Å². The van der Waals surface area contributed by atoms with E-state index in [-0.39, 0.29) is 29.1 Å². The van der Waals surface area contributed by atoms with Gasteiger partial charge in [-0.05, 0) is 43.2 Å².